The van der Waals surface area contributed by atoms with Crippen molar-refractivity contribution in [3.8, 4) is 0 Å². The normalized spacial score (nSPS) is 15.4. The molecule has 0 N–H and O–H groups in total. The van der Waals surface area contributed by atoms with E-state index in [9.17, 15) is 13.2 Å². The van der Waals surface area contributed by atoms with Gasteiger partial charge in [-0.1, -0.05) is 17.4 Å². The fraction of sp³-hybridized carbons (Fsp3) is 0.308. The van der Waals surface area contributed by atoms with Crippen LogP contribution in [-0.2, 0) is 21.4 Å². The number of fused-ring (bicyclic) bond motifs is 1. The van der Waals surface area contributed by atoms with Crippen molar-refractivity contribution in [2.24, 2.45) is 5.92 Å². The lowest BCUT2D eigenvalue weighted by atomic mass is 9.96. The zero-order valence-electron chi connectivity index (χ0n) is 20.1. The second kappa shape index (κ2) is 10.4. The molecule has 0 radical (unpaired) electrons. The highest BCUT2D eigenvalue weighted by molar-refractivity contribution is 7.98. The van der Waals surface area contributed by atoms with Crippen LogP contribution < -0.4 is 4.90 Å². The summed E-state index contributed by atoms with van der Waals surface area (Å²) < 4.78 is 34.4. The van der Waals surface area contributed by atoms with Gasteiger partial charge in [0.1, 0.15) is 5.76 Å². The average Bonchev–Trinajstić information content (AvgIpc) is 3.56. The summed E-state index contributed by atoms with van der Waals surface area (Å²) in [5.41, 5.74) is 1.99. The number of hydrogen-bond donors (Lipinski definition) is 0. The first-order chi connectivity index (χ1) is 17.3. The SMILES string of the molecule is CSc1ccc(S(=O)(=O)N2CCC(C(=O)N(Cc3ccco3)c3nc4ccc(C)cc4s3)CC2)cc1. The van der Waals surface area contributed by atoms with E-state index in [0.29, 0.717) is 36.8 Å². The van der Waals surface area contributed by atoms with Crippen LogP contribution in [0.15, 0.2) is 75.1 Å². The molecule has 2 aromatic heterocycles. The molecule has 188 valence electrons. The predicted molar refractivity (Wildman–Crippen MR) is 144 cm³/mol. The van der Waals surface area contributed by atoms with Gasteiger partial charge < -0.3 is 4.42 Å². The topological polar surface area (TPSA) is 83.7 Å². The van der Waals surface area contributed by atoms with Crippen LogP contribution in [-0.4, -0.2) is 43.0 Å². The van der Waals surface area contributed by atoms with Gasteiger partial charge in [0, 0.05) is 23.9 Å². The molecule has 1 aliphatic heterocycles. The third kappa shape index (κ3) is 5.08. The van der Waals surface area contributed by atoms with E-state index >= 15 is 0 Å². The molecule has 0 unspecified atom stereocenters. The first kappa shape index (κ1) is 25.0. The van der Waals surface area contributed by atoms with Crippen LogP contribution >= 0.6 is 23.1 Å². The van der Waals surface area contributed by atoms with Gasteiger partial charge in [0.15, 0.2) is 5.13 Å². The van der Waals surface area contributed by atoms with Gasteiger partial charge in [0.05, 0.1) is 27.9 Å². The molecular weight excluding hydrogens is 515 g/mol. The second-order valence-electron chi connectivity index (χ2n) is 8.83. The Labute approximate surface area is 219 Å². The lowest BCUT2D eigenvalue weighted by molar-refractivity contribution is -0.123. The van der Waals surface area contributed by atoms with Crippen LogP contribution in [0.25, 0.3) is 10.2 Å². The number of hydrogen-bond acceptors (Lipinski definition) is 7. The van der Waals surface area contributed by atoms with E-state index in [0.717, 1.165) is 20.7 Å². The number of amides is 1. The number of furan rings is 1. The molecule has 3 heterocycles. The minimum absolute atomic E-state index is 0.0523. The van der Waals surface area contributed by atoms with Crippen molar-refractivity contribution >= 4 is 54.4 Å². The Kier molecular flexibility index (Phi) is 7.21. The molecule has 4 aromatic rings. The average molecular weight is 542 g/mol. The van der Waals surface area contributed by atoms with Crippen molar-refractivity contribution in [3.05, 3.63) is 72.2 Å². The number of carbonyl (C=O) groups is 1. The molecule has 0 bridgehead atoms. The van der Waals surface area contributed by atoms with E-state index in [1.807, 2.05) is 43.5 Å². The van der Waals surface area contributed by atoms with Crippen molar-refractivity contribution < 1.29 is 17.6 Å². The minimum atomic E-state index is -3.60. The van der Waals surface area contributed by atoms with E-state index in [4.69, 9.17) is 9.40 Å². The fourth-order valence-corrected chi connectivity index (χ4v) is 7.34. The summed E-state index contributed by atoms with van der Waals surface area (Å²) in [6, 6.07) is 16.6. The zero-order chi connectivity index (χ0) is 25.3. The fourth-order valence-electron chi connectivity index (χ4n) is 4.39. The first-order valence-electron chi connectivity index (χ1n) is 11.7. The number of benzene rings is 2. The molecule has 0 spiro atoms. The van der Waals surface area contributed by atoms with Gasteiger partial charge in [-0.2, -0.15) is 4.31 Å². The number of aromatic nitrogens is 1. The molecule has 1 aliphatic rings. The summed E-state index contributed by atoms with van der Waals surface area (Å²) in [7, 11) is -3.60. The largest absolute Gasteiger partial charge is 0.467 e. The predicted octanol–water partition coefficient (Wildman–Crippen LogP) is 5.55. The molecule has 7 nitrogen and oxygen atoms in total. The number of aryl methyl sites for hydroxylation is 1. The highest BCUT2D eigenvalue weighted by Crippen LogP contribution is 2.33. The number of nitrogens with zero attached hydrogens (tertiary/aromatic N) is 3. The molecule has 36 heavy (non-hydrogen) atoms. The molecule has 0 atom stereocenters. The second-order valence-corrected chi connectivity index (χ2v) is 12.7. The maximum absolute atomic E-state index is 13.7. The van der Waals surface area contributed by atoms with Gasteiger partial charge in [-0.25, -0.2) is 13.4 Å². The smallest absolute Gasteiger partial charge is 0.243 e. The minimum Gasteiger partial charge on any atom is -0.467 e. The van der Waals surface area contributed by atoms with Gasteiger partial charge in [0.25, 0.3) is 0 Å². The van der Waals surface area contributed by atoms with E-state index in [1.54, 1.807) is 41.1 Å². The van der Waals surface area contributed by atoms with Crippen molar-refractivity contribution in [1.29, 1.82) is 0 Å². The van der Waals surface area contributed by atoms with E-state index < -0.39 is 10.0 Å². The number of sulfonamides is 1. The van der Waals surface area contributed by atoms with Crippen LogP contribution in [0.4, 0.5) is 5.13 Å². The zero-order valence-corrected chi connectivity index (χ0v) is 22.5. The Morgan fingerprint density at radius 3 is 2.58 bits per heavy atom. The molecule has 10 heteroatoms. The third-order valence-electron chi connectivity index (χ3n) is 6.42. The summed E-state index contributed by atoms with van der Waals surface area (Å²) in [6.45, 7) is 2.92. The molecule has 0 saturated carbocycles. The summed E-state index contributed by atoms with van der Waals surface area (Å²) in [5, 5.41) is 0.626. The molecular formula is C26H27N3O4S3. The number of piperidine rings is 1. The summed E-state index contributed by atoms with van der Waals surface area (Å²) in [5.74, 6) is 0.329. The lowest BCUT2D eigenvalue weighted by Gasteiger charge is -2.32. The van der Waals surface area contributed by atoms with Gasteiger partial charge in [-0.3, -0.25) is 9.69 Å². The third-order valence-corrected chi connectivity index (χ3v) is 10.1. The van der Waals surface area contributed by atoms with Gasteiger partial charge in [-0.05, 0) is 80.1 Å². The van der Waals surface area contributed by atoms with Crippen molar-refractivity contribution in [2.75, 3.05) is 24.2 Å². The Morgan fingerprint density at radius 2 is 1.92 bits per heavy atom. The Bertz CT molecular complexity index is 1460. The quantitative estimate of drug-likeness (QED) is 0.285. The number of thiazole rings is 1. The monoisotopic (exact) mass is 541 g/mol. The molecule has 1 amide bonds. The lowest BCUT2D eigenvalue weighted by Crippen LogP contribution is -2.44. The summed E-state index contributed by atoms with van der Waals surface area (Å²) >= 11 is 3.05. The Morgan fingerprint density at radius 1 is 1.17 bits per heavy atom. The number of rotatable bonds is 7. The van der Waals surface area contributed by atoms with Crippen molar-refractivity contribution in [3.63, 3.8) is 0 Å². The highest BCUT2D eigenvalue weighted by atomic mass is 32.2. The number of thioether (sulfide) groups is 1. The molecule has 5 rings (SSSR count). The Hall–Kier alpha value is -2.66. The molecule has 1 fully saturated rings. The highest BCUT2D eigenvalue weighted by Gasteiger charge is 2.35. The van der Waals surface area contributed by atoms with Crippen LogP contribution in [0.2, 0.25) is 0 Å². The van der Waals surface area contributed by atoms with Crippen LogP contribution in [0, 0.1) is 12.8 Å². The van der Waals surface area contributed by atoms with E-state index in [2.05, 4.69) is 6.07 Å². The maximum Gasteiger partial charge on any atom is 0.243 e. The first-order valence-corrected chi connectivity index (χ1v) is 15.2. The van der Waals surface area contributed by atoms with Crippen molar-refractivity contribution in [1.82, 2.24) is 9.29 Å². The molecule has 1 saturated heterocycles. The summed E-state index contributed by atoms with van der Waals surface area (Å²) in [6.07, 6.45) is 4.46. The standard InChI is InChI=1S/C26H27N3O4S3/c1-18-5-10-23-24(16-18)35-26(27-23)29(17-20-4-3-15-33-20)25(30)19-11-13-28(14-12-19)36(31,32)22-8-6-21(34-2)7-9-22/h3-10,15-16,19H,11-14,17H2,1-2H3. The van der Waals surface area contributed by atoms with Crippen LogP contribution in [0.5, 0.6) is 0 Å². The van der Waals surface area contributed by atoms with Gasteiger partial charge >= 0.3 is 0 Å². The maximum atomic E-state index is 13.7. The van der Waals surface area contributed by atoms with Gasteiger partial charge in [0.2, 0.25) is 15.9 Å². The molecule has 2 aromatic carbocycles. The van der Waals surface area contributed by atoms with Crippen LogP contribution in [0.1, 0.15) is 24.2 Å². The van der Waals surface area contributed by atoms with E-state index in [-0.39, 0.29) is 23.3 Å². The van der Waals surface area contributed by atoms with Crippen molar-refractivity contribution in [2.45, 2.75) is 36.1 Å². The van der Waals surface area contributed by atoms with Crippen LogP contribution in [0.3, 0.4) is 0 Å². The Balaban J connectivity index is 1.34. The molecule has 0 aliphatic carbocycles. The summed E-state index contributed by atoms with van der Waals surface area (Å²) in [4.78, 5) is 21.5. The van der Waals surface area contributed by atoms with E-state index in [1.165, 1.54) is 15.6 Å². The number of carbonyl (C=O) groups excluding carboxylic acids is 1. The van der Waals surface area contributed by atoms with Gasteiger partial charge in [-0.15, -0.1) is 11.8 Å². The number of anilines is 1.